The van der Waals surface area contributed by atoms with E-state index in [0.29, 0.717) is 10.9 Å². The molecule has 0 bridgehead atoms. The molecule has 3 N–H and O–H groups in total. The van der Waals surface area contributed by atoms with Crippen LogP contribution < -0.4 is 5.32 Å². The van der Waals surface area contributed by atoms with Gasteiger partial charge in [0.1, 0.15) is 11.7 Å². The van der Waals surface area contributed by atoms with Crippen LogP contribution in [0, 0.1) is 5.92 Å². The lowest BCUT2D eigenvalue weighted by molar-refractivity contribution is -0.192. The van der Waals surface area contributed by atoms with Crippen molar-refractivity contribution >= 4 is 29.6 Å². The van der Waals surface area contributed by atoms with E-state index in [2.05, 4.69) is 15.3 Å². The zero-order valence-corrected chi connectivity index (χ0v) is 15.4. The molecule has 13 heteroatoms. The number of piperidine rings is 1. The number of carbonyl (C=O) groups is 3. The largest absolute Gasteiger partial charge is 0.490 e. The molecule has 4 heterocycles. The standard InChI is InChI=1S/C14H14N4O3S.C2HF3O2/c19-12-9-10-7(2-5-15-9)8(11(13(20)21)18(10)12)6-22-14-16-3-1-4-17-14;3-2(4,5)1(6)7/h1,3-4,7,9-10,15H,2,5-6H2,(H,20,21);(H,6,7)/t7?,9-,10+;/m0./s1. The van der Waals surface area contributed by atoms with Gasteiger partial charge < -0.3 is 15.5 Å². The van der Waals surface area contributed by atoms with Gasteiger partial charge >= 0.3 is 18.1 Å². The quantitative estimate of drug-likeness (QED) is 0.358. The number of carboxylic acids is 2. The normalized spacial score (nSPS) is 25.0. The van der Waals surface area contributed by atoms with Crippen LogP contribution in [-0.4, -0.2) is 73.5 Å². The lowest BCUT2D eigenvalue weighted by atomic mass is 9.80. The Hall–Kier alpha value is -2.67. The maximum atomic E-state index is 12.1. The highest BCUT2D eigenvalue weighted by molar-refractivity contribution is 7.99. The van der Waals surface area contributed by atoms with Crippen LogP contribution in [0.25, 0.3) is 0 Å². The number of nitrogens with zero attached hydrogens (tertiary/aromatic N) is 3. The van der Waals surface area contributed by atoms with Gasteiger partial charge in [0.2, 0.25) is 5.91 Å². The van der Waals surface area contributed by atoms with E-state index in [1.807, 2.05) is 0 Å². The Kier molecular flexibility index (Phi) is 5.80. The summed E-state index contributed by atoms with van der Waals surface area (Å²) >= 11 is 1.41. The number of thioether (sulfide) groups is 1. The average Bonchev–Trinajstić information content (AvgIpc) is 3.00. The molecule has 3 atom stereocenters. The summed E-state index contributed by atoms with van der Waals surface area (Å²) in [5.41, 5.74) is 1.01. The van der Waals surface area contributed by atoms with Crippen LogP contribution in [0.15, 0.2) is 34.9 Å². The predicted molar refractivity (Wildman–Crippen MR) is 91.6 cm³/mol. The molecular weight excluding hydrogens is 417 g/mol. The van der Waals surface area contributed by atoms with Crippen LogP contribution >= 0.6 is 11.8 Å². The lowest BCUT2D eigenvalue weighted by Crippen LogP contribution is -2.71. The summed E-state index contributed by atoms with van der Waals surface area (Å²) in [7, 11) is 0. The van der Waals surface area contributed by atoms with E-state index < -0.39 is 18.1 Å². The first kappa shape index (κ1) is 21.0. The van der Waals surface area contributed by atoms with Crippen molar-refractivity contribution in [3.8, 4) is 0 Å². The number of rotatable bonds is 4. The van der Waals surface area contributed by atoms with Crippen molar-refractivity contribution < 1.29 is 37.8 Å². The van der Waals surface area contributed by atoms with E-state index in [4.69, 9.17) is 9.90 Å². The summed E-state index contributed by atoms with van der Waals surface area (Å²) in [6, 6.07) is 1.49. The Labute approximate surface area is 166 Å². The molecule has 1 aromatic heterocycles. The van der Waals surface area contributed by atoms with Crippen molar-refractivity contribution in [3.63, 3.8) is 0 Å². The highest BCUT2D eigenvalue weighted by atomic mass is 32.2. The second-order valence-electron chi connectivity index (χ2n) is 6.33. The van der Waals surface area contributed by atoms with Crippen molar-refractivity contribution in [3.05, 3.63) is 29.7 Å². The second-order valence-corrected chi connectivity index (χ2v) is 7.27. The van der Waals surface area contributed by atoms with Gasteiger partial charge in [0.25, 0.3) is 0 Å². The summed E-state index contributed by atoms with van der Waals surface area (Å²) in [6.45, 7) is 0.744. The third-order valence-corrected chi connectivity index (χ3v) is 5.64. The summed E-state index contributed by atoms with van der Waals surface area (Å²) < 4.78 is 31.7. The Morgan fingerprint density at radius 3 is 2.45 bits per heavy atom. The smallest absolute Gasteiger partial charge is 0.477 e. The van der Waals surface area contributed by atoms with Gasteiger partial charge in [0.05, 0.1) is 6.04 Å². The molecular formula is C16H15F3N4O5S. The van der Waals surface area contributed by atoms with Gasteiger partial charge in [0, 0.05) is 24.1 Å². The maximum absolute atomic E-state index is 12.1. The Bertz CT molecular complexity index is 864. The minimum atomic E-state index is -5.08. The van der Waals surface area contributed by atoms with Crippen molar-refractivity contribution in [2.75, 3.05) is 12.3 Å². The first-order valence-corrected chi connectivity index (χ1v) is 9.34. The van der Waals surface area contributed by atoms with E-state index >= 15 is 0 Å². The molecule has 3 aliphatic heterocycles. The third-order valence-electron chi connectivity index (χ3n) is 4.71. The zero-order chi connectivity index (χ0) is 21.3. The summed E-state index contributed by atoms with van der Waals surface area (Å²) in [6.07, 6.45) is -0.908. The molecule has 9 nitrogen and oxygen atoms in total. The van der Waals surface area contributed by atoms with E-state index in [9.17, 15) is 27.9 Å². The molecule has 29 heavy (non-hydrogen) atoms. The third kappa shape index (κ3) is 4.05. The Balaban J connectivity index is 0.000000298. The van der Waals surface area contributed by atoms with E-state index in [-0.39, 0.29) is 29.6 Å². The van der Waals surface area contributed by atoms with Crippen molar-refractivity contribution in [1.29, 1.82) is 0 Å². The first-order chi connectivity index (χ1) is 13.6. The average molecular weight is 432 g/mol. The molecule has 1 aromatic rings. The van der Waals surface area contributed by atoms with Crippen LogP contribution in [0.3, 0.4) is 0 Å². The highest BCUT2D eigenvalue weighted by Gasteiger charge is 2.60. The fraction of sp³-hybridized carbons (Fsp3) is 0.438. The molecule has 156 valence electrons. The number of nitrogens with one attached hydrogen (secondary N) is 1. The fourth-order valence-electron chi connectivity index (χ4n) is 3.58. The first-order valence-electron chi connectivity index (χ1n) is 8.35. The SMILES string of the molecule is O=C(O)C(F)(F)F.O=C(O)C1=C(CSc2ncccn2)C2CCN[C@@H]3C(=O)N1[C@H]23. The molecule has 2 fully saturated rings. The van der Waals surface area contributed by atoms with Crippen LogP contribution in [0.1, 0.15) is 6.42 Å². The minimum Gasteiger partial charge on any atom is -0.477 e. The fourth-order valence-corrected chi connectivity index (χ4v) is 4.49. The van der Waals surface area contributed by atoms with Crippen molar-refractivity contribution in [2.24, 2.45) is 5.92 Å². The van der Waals surface area contributed by atoms with E-state index in [1.165, 1.54) is 16.7 Å². The van der Waals surface area contributed by atoms with Gasteiger partial charge in [-0.2, -0.15) is 13.2 Å². The monoisotopic (exact) mass is 432 g/mol. The summed E-state index contributed by atoms with van der Waals surface area (Å²) in [5, 5.41) is 20.5. The van der Waals surface area contributed by atoms with Crippen molar-refractivity contribution in [1.82, 2.24) is 20.2 Å². The Morgan fingerprint density at radius 1 is 1.28 bits per heavy atom. The molecule has 0 saturated carbocycles. The number of aromatic nitrogens is 2. The van der Waals surface area contributed by atoms with Gasteiger partial charge in [0.15, 0.2) is 5.16 Å². The molecule has 2 saturated heterocycles. The number of β-lactam (4-membered cyclic amide) rings is 1. The number of halogens is 3. The molecule has 0 aromatic carbocycles. The topological polar surface area (TPSA) is 133 Å². The molecule has 0 spiro atoms. The number of carboxylic acid groups (broad SMARTS) is 2. The van der Waals surface area contributed by atoms with Gasteiger partial charge in [-0.3, -0.25) is 9.69 Å². The number of aliphatic carboxylic acids is 2. The highest BCUT2D eigenvalue weighted by Crippen LogP contribution is 2.47. The molecule has 0 aliphatic carbocycles. The van der Waals surface area contributed by atoms with Gasteiger partial charge in [-0.05, 0) is 24.6 Å². The summed E-state index contributed by atoms with van der Waals surface area (Å²) in [5.74, 6) is -3.27. The predicted octanol–water partition coefficient (Wildman–Crippen LogP) is 0.743. The number of carbonyl (C=O) groups excluding carboxylic acids is 1. The molecule has 4 rings (SSSR count). The molecule has 1 unspecified atom stereocenters. The van der Waals surface area contributed by atoms with Crippen LogP contribution in [0.5, 0.6) is 0 Å². The second kappa shape index (κ2) is 7.99. The van der Waals surface area contributed by atoms with Gasteiger partial charge in [-0.25, -0.2) is 19.6 Å². The zero-order valence-electron chi connectivity index (χ0n) is 14.6. The van der Waals surface area contributed by atoms with Crippen molar-refractivity contribution in [2.45, 2.75) is 29.8 Å². The Morgan fingerprint density at radius 2 is 1.90 bits per heavy atom. The number of hydrogen-bond acceptors (Lipinski definition) is 7. The number of amides is 1. The maximum Gasteiger partial charge on any atom is 0.490 e. The van der Waals surface area contributed by atoms with Crippen LogP contribution in [0.4, 0.5) is 13.2 Å². The minimum absolute atomic E-state index is 0.0281. The number of alkyl halides is 3. The van der Waals surface area contributed by atoms with Crippen LogP contribution in [-0.2, 0) is 14.4 Å². The molecule has 0 radical (unpaired) electrons. The molecule has 3 aliphatic rings. The lowest BCUT2D eigenvalue weighted by Gasteiger charge is -2.48. The van der Waals surface area contributed by atoms with Crippen LogP contribution in [0.2, 0.25) is 0 Å². The molecule has 1 amide bonds. The van der Waals surface area contributed by atoms with Gasteiger partial charge in [-0.1, -0.05) is 11.8 Å². The van der Waals surface area contributed by atoms with E-state index in [1.54, 1.807) is 18.5 Å². The number of hydrogen-bond donors (Lipinski definition) is 3. The summed E-state index contributed by atoms with van der Waals surface area (Å²) in [4.78, 5) is 42.4. The van der Waals surface area contributed by atoms with E-state index in [0.717, 1.165) is 18.5 Å². The van der Waals surface area contributed by atoms with Gasteiger partial charge in [-0.15, -0.1) is 0 Å².